The number of carboxylic acid groups (broad SMARTS) is 1. The fourth-order valence-electron chi connectivity index (χ4n) is 2.04. The van der Waals surface area contributed by atoms with Crippen LogP contribution in [0.3, 0.4) is 0 Å². The summed E-state index contributed by atoms with van der Waals surface area (Å²) in [5.41, 5.74) is 7.74. The number of carboxylic acids is 1. The number of hydrogen-bond donors (Lipinski definition) is 3. The minimum atomic E-state index is -1.01. The van der Waals surface area contributed by atoms with Gasteiger partial charge in [0.1, 0.15) is 0 Å². The number of nitrogen functional groups attached to an aromatic ring is 1. The Balaban J connectivity index is 2.97. The monoisotopic (exact) mass is 266 g/mol. The highest BCUT2D eigenvalue weighted by molar-refractivity contribution is 5.95. The second-order valence-corrected chi connectivity index (χ2v) is 4.64. The van der Waals surface area contributed by atoms with E-state index in [-0.39, 0.29) is 11.6 Å². The summed E-state index contributed by atoms with van der Waals surface area (Å²) in [6, 6.07) is 3.60. The number of nitrogens with one attached hydrogen (secondary N) is 1. The fourth-order valence-corrected chi connectivity index (χ4v) is 2.04. The Kier molecular flexibility index (Phi) is 5.63. The van der Waals surface area contributed by atoms with Crippen molar-refractivity contribution in [1.29, 1.82) is 0 Å². The smallest absolute Gasteiger partial charge is 0.337 e. The molecule has 1 atom stereocenters. The van der Waals surface area contributed by atoms with Crippen molar-refractivity contribution in [2.24, 2.45) is 0 Å². The Morgan fingerprint density at radius 2 is 2.21 bits per heavy atom. The van der Waals surface area contributed by atoms with Crippen molar-refractivity contribution < 1.29 is 14.6 Å². The van der Waals surface area contributed by atoms with E-state index in [2.05, 4.69) is 12.2 Å². The second-order valence-electron chi connectivity index (χ2n) is 4.64. The number of aromatic carboxylic acids is 1. The molecule has 1 aromatic carbocycles. The molecule has 0 radical (unpaired) electrons. The molecule has 5 nitrogen and oxygen atoms in total. The Bertz CT molecular complexity index is 441. The van der Waals surface area contributed by atoms with Gasteiger partial charge in [0.05, 0.1) is 12.2 Å². The number of hydrogen-bond acceptors (Lipinski definition) is 4. The maximum atomic E-state index is 11.1. The van der Waals surface area contributed by atoms with Gasteiger partial charge in [-0.25, -0.2) is 4.79 Å². The summed E-state index contributed by atoms with van der Waals surface area (Å²) in [5, 5.41) is 12.4. The zero-order valence-electron chi connectivity index (χ0n) is 11.7. The predicted octanol–water partition coefficient (Wildman–Crippen LogP) is 2.50. The molecule has 0 aliphatic heterocycles. The highest BCUT2D eigenvalue weighted by atomic mass is 16.5. The van der Waals surface area contributed by atoms with Crippen LogP contribution in [0, 0.1) is 6.92 Å². The van der Waals surface area contributed by atoms with Gasteiger partial charge < -0.3 is 20.9 Å². The van der Waals surface area contributed by atoms with E-state index in [1.165, 1.54) is 0 Å². The van der Waals surface area contributed by atoms with Gasteiger partial charge in [0, 0.05) is 24.5 Å². The lowest BCUT2D eigenvalue weighted by atomic mass is 10.1. The van der Waals surface area contributed by atoms with Gasteiger partial charge in [-0.05, 0) is 31.0 Å². The number of carbonyl (C=O) groups is 1. The topological polar surface area (TPSA) is 84.6 Å². The van der Waals surface area contributed by atoms with E-state index < -0.39 is 5.97 Å². The largest absolute Gasteiger partial charge is 0.478 e. The van der Waals surface area contributed by atoms with Crippen LogP contribution in [0.15, 0.2) is 12.1 Å². The van der Waals surface area contributed by atoms with Gasteiger partial charge in [-0.1, -0.05) is 13.3 Å². The Morgan fingerprint density at radius 3 is 2.74 bits per heavy atom. The van der Waals surface area contributed by atoms with Crippen molar-refractivity contribution >= 4 is 17.3 Å². The first-order valence-corrected chi connectivity index (χ1v) is 6.38. The number of ether oxygens (including phenoxy) is 1. The van der Waals surface area contributed by atoms with Crippen LogP contribution in [0.25, 0.3) is 0 Å². The molecule has 0 heterocycles. The number of rotatable bonds is 7. The Hall–Kier alpha value is -1.75. The third kappa shape index (κ3) is 4.13. The molecule has 0 amide bonds. The lowest BCUT2D eigenvalue weighted by molar-refractivity contribution is 0.0698. The normalized spacial score (nSPS) is 12.2. The summed E-state index contributed by atoms with van der Waals surface area (Å²) >= 11 is 0. The summed E-state index contributed by atoms with van der Waals surface area (Å²) in [5.74, 6) is -1.01. The van der Waals surface area contributed by atoms with Gasteiger partial charge in [-0.15, -0.1) is 0 Å². The summed E-state index contributed by atoms with van der Waals surface area (Å²) in [4.78, 5) is 11.1. The third-order valence-corrected chi connectivity index (χ3v) is 2.99. The van der Waals surface area contributed by atoms with Crippen molar-refractivity contribution in [2.45, 2.75) is 32.7 Å². The van der Waals surface area contributed by atoms with E-state index >= 15 is 0 Å². The van der Waals surface area contributed by atoms with Gasteiger partial charge >= 0.3 is 5.97 Å². The molecule has 0 saturated heterocycles. The van der Waals surface area contributed by atoms with E-state index in [1.54, 1.807) is 20.1 Å². The van der Waals surface area contributed by atoms with Crippen LogP contribution >= 0.6 is 0 Å². The maximum absolute atomic E-state index is 11.1. The summed E-state index contributed by atoms with van der Waals surface area (Å²) < 4.78 is 5.16. The fraction of sp³-hybridized carbons (Fsp3) is 0.500. The van der Waals surface area contributed by atoms with Crippen LogP contribution in [0.2, 0.25) is 0 Å². The maximum Gasteiger partial charge on any atom is 0.337 e. The Morgan fingerprint density at radius 1 is 1.53 bits per heavy atom. The molecule has 1 unspecified atom stereocenters. The van der Waals surface area contributed by atoms with Crippen LogP contribution < -0.4 is 11.1 Å². The van der Waals surface area contributed by atoms with Crippen LogP contribution in [-0.4, -0.2) is 30.8 Å². The molecule has 0 aliphatic carbocycles. The van der Waals surface area contributed by atoms with Gasteiger partial charge in [0.15, 0.2) is 0 Å². The van der Waals surface area contributed by atoms with E-state index in [1.807, 2.05) is 6.07 Å². The molecule has 19 heavy (non-hydrogen) atoms. The molecule has 0 saturated carbocycles. The first kappa shape index (κ1) is 15.3. The van der Waals surface area contributed by atoms with Crippen molar-refractivity contribution in [3.63, 3.8) is 0 Å². The molecule has 0 bridgehead atoms. The number of anilines is 2. The van der Waals surface area contributed by atoms with Crippen molar-refractivity contribution in [2.75, 3.05) is 24.8 Å². The molecule has 106 valence electrons. The van der Waals surface area contributed by atoms with Gasteiger partial charge in [0.25, 0.3) is 0 Å². The minimum Gasteiger partial charge on any atom is -0.478 e. The number of methoxy groups -OCH3 is 1. The van der Waals surface area contributed by atoms with Crippen molar-refractivity contribution in [1.82, 2.24) is 0 Å². The molecular weight excluding hydrogens is 244 g/mol. The zero-order chi connectivity index (χ0) is 14.4. The molecule has 0 spiro atoms. The highest BCUT2D eigenvalue weighted by Gasteiger charge is 2.14. The molecule has 4 N–H and O–H groups in total. The van der Waals surface area contributed by atoms with Crippen LogP contribution in [0.4, 0.5) is 11.4 Å². The predicted molar refractivity (Wildman–Crippen MR) is 76.7 cm³/mol. The standard InChI is InChI=1S/C14H22N2O3/c1-4-5-10(8-19-3)16-11-6-9(2)13(15)12(7-11)14(17)18/h6-7,10,16H,4-5,8,15H2,1-3H3,(H,17,18). The SMILES string of the molecule is CCCC(COC)Nc1cc(C)c(N)c(C(=O)O)c1. The summed E-state index contributed by atoms with van der Waals surface area (Å²) in [6.45, 7) is 4.49. The summed E-state index contributed by atoms with van der Waals surface area (Å²) in [6.07, 6.45) is 1.99. The van der Waals surface area contributed by atoms with E-state index in [0.29, 0.717) is 12.3 Å². The van der Waals surface area contributed by atoms with Gasteiger partial charge in [-0.2, -0.15) is 0 Å². The first-order chi connectivity index (χ1) is 8.99. The minimum absolute atomic E-state index is 0.134. The first-order valence-electron chi connectivity index (χ1n) is 6.38. The Labute approximate surface area is 113 Å². The van der Waals surface area contributed by atoms with Crippen LogP contribution in [0.5, 0.6) is 0 Å². The molecule has 0 aliphatic rings. The van der Waals surface area contributed by atoms with Gasteiger partial charge in [0.2, 0.25) is 0 Å². The second kappa shape index (κ2) is 6.99. The quantitative estimate of drug-likeness (QED) is 0.660. The molecule has 5 heteroatoms. The van der Waals surface area contributed by atoms with E-state index in [0.717, 1.165) is 24.1 Å². The van der Waals surface area contributed by atoms with Crippen molar-refractivity contribution in [3.05, 3.63) is 23.3 Å². The molecule has 0 aromatic heterocycles. The van der Waals surface area contributed by atoms with E-state index in [9.17, 15) is 4.79 Å². The van der Waals surface area contributed by atoms with Crippen LogP contribution in [-0.2, 0) is 4.74 Å². The number of aryl methyl sites for hydroxylation is 1. The zero-order valence-corrected chi connectivity index (χ0v) is 11.7. The third-order valence-electron chi connectivity index (χ3n) is 2.99. The molecule has 0 fully saturated rings. The molecular formula is C14H22N2O3. The lowest BCUT2D eigenvalue weighted by Gasteiger charge is -2.19. The number of benzene rings is 1. The van der Waals surface area contributed by atoms with Crippen molar-refractivity contribution in [3.8, 4) is 0 Å². The van der Waals surface area contributed by atoms with E-state index in [4.69, 9.17) is 15.6 Å². The van der Waals surface area contributed by atoms with Crippen LogP contribution in [0.1, 0.15) is 35.7 Å². The highest BCUT2D eigenvalue weighted by Crippen LogP contribution is 2.23. The number of nitrogens with two attached hydrogens (primary N) is 1. The average molecular weight is 266 g/mol. The van der Waals surface area contributed by atoms with Gasteiger partial charge in [-0.3, -0.25) is 0 Å². The molecule has 1 rings (SSSR count). The summed E-state index contributed by atoms with van der Waals surface area (Å²) in [7, 11) is 1.65. The average Bonchev–Trinajstić information content (AvgIpc) is 2.33. The molecule has 1 aromatic rings. The lowest BCUT2D eigenvalue weighted by Crippen LogP contribution is -2.25.